The number of hydrogen-bond donors (Lipinski definition) is 0. The van der Waals surface area contributed by atoms with Crippen LogP contribution < -0.4 is 0 Å². The monoisotopic (exact) mass is 290 g/mol. The van der Waals surface area contributed by atoms with Crippen molar-refractivity contribution in [2.24, 2.45) is 0 Å². The number of nitrogens with zero attached hydrogens (tertiary/aromatic N) is 2. The van der Waals surface area contributed by atoms with Crippen LogP contribution in [-0.4, -0.2) is 9.97 Å². The Morgan fingerprint density at radius 1 is 0.762 bits per heavy atom. The molecule has 0 N–H and O–H groups in total. The minimum absolute atomic E-state index is 0.720. The molecule has 0 bridgehead atoms. The van der Waals surface area contributed by atoms with Crippen molar-refractivity contribution in [3.63, 3.8) is 0 Å². The molecule has 0 fully saturated rings. The van der Waals surface area contributed by atoms with E-state index in [4.69, 9.17) is 16.6 Å². The van der Waals surface area contributed by atoms with E-state index in [1.54, 1.807) is 0 Å². The Labute approximate surface area is 127 Å². The van der Waals surface area contributed by atoms with E-state index in [1.807, 2.05) is 54.7 Å². The van der Waals surface area contributed by atoms with Gasteiger partial charge in [0.15, 0.2) is 0 Å². The SMILES string of the molecule is Clc1cccc(-c2ccc3c(ccc4ncccc43)n2)c1. The minimum Gasteiger partial charge on any atom is -0.256 e. The van der Waals surface area contributed by atoms with E-state index >= 15 is 0 Å². The van der Waals surface area contributed by atoms with Gasteiger partial charge in [-0.25, -0.2) is 4.98 Å². The molecule has 0 aliphatic rings. The Kier molecular flexibility index (Phi) is 2.83. The molecule has 0 unspecified atom stereocenters. The quantitative estimate of drug-likeness (QED) is 0.456. The van der Waals surface area contributed by atoms with Crippen molar-refractivity contribution in [2.45, 2.75) is 0 Å². The Balaban J connectivity index is 1.97. The Bertz CT molecular complexity index is 963. The topological polar surface area (TPSA) is 25.8 Å². The molecule has 2 heterocycles. The second kappa shape index (κ2) is 4.83. The first-order valence-corrected chi connectivity index (χ1v) is 7.09. The van der Waals surface area contributed by atoms with Gasteiger partial charge in [0.2, 0.25) is 0 Å². The van der Waals surface area contributed by atoms with Crippen LogP contribution in [0.2, 0.25) is 5.02 Å². The van der Waals surface area contributed by atoms with Crippen molar-refractivity contribution in [3.8, 4) is 11.3 Å². The molecule has 0 aliphatic carbocycles. The van der Waals surface area contributed by atoms with Gasteiger partial charge in [0.1, 0.15) is 0 Å². The van der Waals surface area contributed by atoms with Gasteiger partial charge in [-0.1, -0.05) is 29.8 Å². The van der Waals surface area contributed by atoms with Crippen molar-refractivity contribution in [3.05, 3.63) is 71.9 Å². The zero-order valence-electron chi connectivity index (χ0n) is 11.1. The average Bonchev–Trinajstić information content (AvgIpc) is 2.54. The molecule has 0 aliphatic heterocycles. The molecule has 2 nitrogen and oxygen atoms in total. The molecule has 21 heavy (non-hydrogen) atoms. The van der Waals surface area contributed by atoms with Gasteiger partial charge in [0, 0.05) is 27.6 Å². The van der Waals surface area contributed by atoms with E-state index in [2.05, 4.69) is 17.1 Å². The first-order chi connectivity index (χ1) is 10.3. The maximum absolute atomic E-state index is 6.06. The van der Waals surface area contributed by atoms with Gasteiger partial charge in [-0.05, 0) is 42.5 Å². The predicted molar refractivity (Wildman–Crippen MR) is 87.5 cm³/mol. The third kappa shape index (κ3) is 2.14. The van der Waals surface area contributed by atoms with Gasteiger partial charge in [0.05, 0.1) is 16.7 Å². The van der Waals surface area contributed by atoms with Gasteiger partial charge in [-0.15, -0.1) is 0 Å². The highest BCUT2D eigenvalue weighted by molar-refractivity contribution is 6.30. The highest BCUT2D eigenvalue weighted by atomic mass is 35.5. The van der Waals surface area contributed by atoms with Crippen LogP contribution in [0.3, 0.4) is 0 Å². The van der Waals surface area contributed by atoms with E-state index in [0.717, 1.165) is 38.1 Å². The second-order valence-corrected chi connectivity index (χ2v) is 5.35. The van der Waals surface area contributed by atoms with E-state index in [9.17, 15) is 0 Å². The second-order valence-electron chi connectivity index (χ2n) is 4.91. The summed E-state index contributed by atoms with van der Waals surface area (Å²) in [5.74, 6) is 0. The Hall–Kier alpha value is -2.45. The molecule has 2 aromatic heterocycles. The van der Waals surface area contributed by atoms with Crippen LogP contribution in [0.4, 0.5) is 0 Å². The van der Waals surface area contributed by atoms with Crippen LogP contribution in [0.25, 0.3) is 33.1 Å². The molecular weight excluding hydrogens is 280 g/mol. The summed E-state index contributed by atoms with van der Waals surface area (Å²) in [5.41, 5.74) is 3.90. The van der Waals surface area contributed by atoms with E-state index in [1.165, 1.54) is 0 Å². The lowest BCUT2D eigenvalue weighted by atomic mass is 10.1. The molecule has 4 rings (SSSR count). The lowest BCUT2D eigenvalue weighted by Gasteiger charge is -2.06. The normalized spacial score (nSPS) is 11.1. The number of halogens is 1. The molecule has 0 atom stereocenters. The summed E-state index contributed by atoms with van der Waals surface area (Å²) in [6.45, 7) is 0. The lowest BCUT2D eigenvalue weighted by molar-refractivity contribution is 1.39. The standard InChI is InChI=1S/C18H11ClN2/c19-13-4-1-3-12(11-13)16-7-6-15-14-5-2-10-20-17(14)8-9-18(15)21-16/h1-11H. The zero-order valence-corrected chi connectivity index (χ0v) is 11.9. The van der Waals surface area contributed by atoms with Crippen LogP contribution >= 0.6 is 11.6 Å². The largest absolute Gasteiger partial charge is 0.256 e. The third-order valence-corrected chi connectivity index (χ3v) is 3.81. The van der Waals surface area contributed by atoms with Crippen LogP contribution in [0.1, 0.15) is 0 Å². The van der Waals surface area contributed by atoms with Crippen molar-refractivity contribution < 1.29 is 0 Å². The smallest absolute Gasteiger partial charge is 0.0717 e. The van der Waals surface area contributed by atoms with Crippen LogP contribution in [-0.2, 0) is 0 Å². The Morgan fingerprint density at radius 3 is 2.52 bits per heavy atom. The van der Waals surface area contributed by atoms with Gasteiger partial charge in [-0.3, -0.25) is 4.98 Å². The molecule has 0 amide bonds. The molecule has 4 aromatic rings. The van der Waals surface area contributed by atoms with Crippen molar-refractivity contribution in [2.75, 3.05) is 0 Å². The zero-order chi connectivity index (χ0) is 14.2. The highest BCUT2D eigenvalue weighted by Crippen LogP contribution is 2.27. The van der Waals surface area contributed by atoms with E-state index in [-0.39, 0.29) is 0 Å². The summed E-state index contributed by atoms with van der Waals surface area (Å²) in [4.78, 5) is 9.13. The first kappa shape index (κ1) is 12.3. The Morgan fingerprint density at radius 2 is 1.62 bits per heavy atom. The van der Waals surface area contributed by atoms with Crippen molar-refractivity contribution >= 4 is 33.4 Å². The number of fused-ring (bicyclic) bond motifs is 3. The summed E-state index contributed by atoms with van der Waals surface area (Å²) >= 11 is 6.06. The molecule has 0 saturated heterocycles. The van der Waals surface area contributed by atoms with Crippen LogP contribution in [0.5, 0.6) is 0 Å². The minimum atomic E-state index is 0.720. The van der Waals surface area contributed by atoms with Crippen molar-refractivity contribution in [1.82, 2.24) is 9.97 Å². The predicted octanol–water partition coefficient (Wildman–Crippen LogP) is 5.10. The third-order valence-electron chi connectivity index (χ3n) is 3.57. The highest BCUT2D eigenvalue weighted by Gasteiger charge is 2.05. The summed E-state index contributed by atoms with van der Waals surface area (Å²) in [7, 11) is 0. The summed E-state index contributed by atoms with van der Waals surface area (Å²) < 4.78 is 0. The fraction of sp³-hybridized carbons (Fsp3) is 0. The van der Waals surface area contributed by atoms with Gasteiger partial charge in [0.25, 0.3) is 0 Å². The summed E-state index contributed by atoms with van der Waals surface area (Å²) in [6, 6.07) is 19.9. The van der Waals surface area contributed by atoms with Crippen LogP contribution in [0, 0.1) is 0 Å². The number of pyridine rings is 2. The molecular formula is C18H11ClN2. The molecule has 3 heteroatoms. The molecule has 100 valence electrons. The molecule has 0 spiro atoms. The maximum atomic E-state index is 6.06. The number of rotatable bonds is 1. The average molecular weight is 291 g/mol. The summed E-state index contributed by atoms with van der Waals surface area (Å²) in [6.07, 6.45) is 1.81. The fourth-order valence-corrected chi connectivity index (χ4v) is 2.76. The maximum Gasteiger partial charge on any atom is 0.0717 e. The first-order valence-electron chi connectivity index (χ1n) is 6.72. The van der Waals surface area contributed by atoms with Crippen LogP contribution in [0.15, 0.2) is 66.9 Å². The van der Waals surface area contributed by atoms with Gasteiger partial charge in [-0.2, -0.15) is 0 Å². The van der Waals surface area contributed by atoms with Crippen molar-refractivity contribution in [1.29, 1.82) is 0 Å². The lowest BCUT2D eigenvalue weighted by Crippen LogP contribution is -1.87. The van der Waals surface area contributed by atoms with E-state index < -0.39 is 0 Å². The van der Waals surface area contributed by atoms with Gasteiger partial charge >= 0.3 is 0 Å². The van der Waals surface area contributed by atoms with E-state index in [0.29, 0.717) is 0 Å². The molecule has 0 radical (unpaired) electrons. The molecule has 2 aromatic carbocycles. The number of aromatic nitrogens is 2. The number of benzene rings is 2. The fourth-order valence-electron chi connectivity index (χ4n) is 2.57. The number of hydrogen-bond acceptors (Lipinski definition) is 2. The van der Waals surface area contributed by atoms with Gasteiger partial charge < -0.3 is 0 Å². The molecule has 0 saturated carbocycles. The summed E-state index contributed by atoms with van der Waals surface area (Å²) in [5, 5.41) is 2.96.